The van der Waals surface area contributed by atoms with E-state index in [0.29, 0.717) is 40.3 Å². The first-order valence-corrected chi connectivity index (χ1v) is 11.0. The average Bonchev–Trinajstić information content (AvgIpc) is 3.41. The number of likely N-dealkylation sites (N-methyl/N-ethyl adjacent to an activating group) is 1. The molecule has 0 saturated heterocycles. The van der Waals surface area contributed by atoms with Crippen LogP contribution in [-0.2, 0) is 4.79 Å². The highest BCUT2D eigenvalue weighted by Crippen LogP contribution is 2.44. The Labute approximate surface area is 203 Å². The first-order valence-electron chi connectivity index (χ1n) is 11.0. The van der Waals surface area contributed by atoms with Crippen LogP contribution in [0.2, 0.25) is 0 Å². The van der Waals surface area contributed by atoms with Crippen molar-refractivity contribution in [1.29, 1.82) is 0 Å². The molecule has 0 spiro atoms. The summed E-state index contributed by atoms with van der Waals surface area (Å²) in [5.74, 6) is -0.426. The standard InChI is InChI=1S/C26H28N2O7/c1-27(2)11-12-28-22(17-14-16(32-3)9-10-18(17)33-4)21(24(30)26(28)31)23(29)20-13-15-7-6-8-19(34-5)25(15)35-20/h6-10,13-14,22,30H,11-12H2,1-5H3/t22-/m1/s1. The summed E-state index contributed by atoms with van der Waals surface area (Å²) in [6.45, 7) is 0.788. The number of Topliss-reactive ketones (excluding diaryl/α,β-unsaturated/α-hetero) is 1. The van der Waals surface area contributed by atoms with Gasteiger partial charge in [-0.1, -0.05) is 12.1 Å². The minimum atomic E-state index is -0.907. The van der Waals surface area contributed by atoms with Crippen molar-refractivity contribution >= 4 is 22.7 Å². The van der Waals surface area contributed by atoms with Crippen LogP contribution in [0.5, 0.6) is 17.2 Å². The molecule has 1 amide bonds. The van der Waals surface area contributed by atoms with Gasteiger partial charge >= 0.3 is 0 Å². The molecule has 2 heterocycles. The van der Waals surface area contributed by atoms with Crippen molar-refractivity contribution in [3.8, 4) is 17.2 Å². The van der Waals surface area contributed by atoms with E-state index in [0.717, 1.165) is 0 Å². The van der Waals surface area contributed by atoms with Crippen LogP contribution < -0.4 is 14.2 Å². The molecule has 4 rings (SSSR count). The van der Waals surface area contributed by atoms with Crippen molar-refractivity contribution in [3.63, 3.8) is 0 Å². The number of hydrogen-bond donors (Lipinski definition) is 1. The van der Waals surface area contributed by atoms with Crippen molar-refractivity contribution in [2.75, 3.05) is 48.5 Å². The molecule has 1 N–H and O–H groups in total. The summed E-state index contributed by atoms with van der Waals surface area (Å²) in [5.41, 5.74) is 0.834. The van der Waals surface area contributed by atoms with Gasteiger partial charge in [0, 0.05) is 24.0 Å². The molecule has 3 aromatic rings. The van der Waals surface area contributed by atoms with Crippen LogP contribution in [0.3, 0.4) is 0 Å². The van der Waals surface area contributed by atoms with Crippen molar-refractivity contribution in [3.05, 3.63) is 65.1 Å². The molecule has 0 radical (unpaired) electrons. The Morgan fingerprint density at radius 1 is 1.06 bits per heavy atom. The van der Waals surface area contributed by atoms with E-state index in [-0.39, 0.29) is 17.9 Å². The highest BCUT2D eigenvalue weighted by molar-refractivity contribution is 6.16. The summed E-state index contributed by atoms with van der Waals surface area (Å²) in [4.78, 5) is 30.4. The largest absolute Gasteiger partial charge is 0.503 e. The molecule has 0 fully saturated rings. The van der Waals surface area contributed by atoms with E-state index in [4.69, 9.17) is 18.6 Å². The molecule has 35 heavy (non-hydrogen) atoms. The minimum Gasteiger partial charge on any atom is -0.503 e. The quantitative estimate of drug-likeness (QED) is 0.464. The van der Waals surface area contributed by atoms with E-state index in [1.807, 2.05) is 19.0 Å². The van der Waals surface area contributed by atoms with Gasteiger partial charge in [0.2, 0.25) is 5.78 Å². The number of aliphatic hydroxyl groups excluding tert-OH is 1. The zero-order valence-electron chi connectivity index (χ0n) is 20.3. The van der Waals surface area contributed by atoms with Crippen LogP contribution >= 0.6 is 0 Å². The molecule has 0 bridgehead atoms. The summed E-state index contributed by atoms with van der Waals surface area (Å²) < 4.78 is 22.1. The lowest BCUT2D eigenvalue weighted by Crippen LogP contribution is -2.36. The predicted molar refractivity (Wildman–Crippen MR) is 129 cm³/mol. The molecule has 1 aromatic heterocycles. The maximum absolute atomic E-state index is 13.8. The molecule has 0 aliphatic carbocycles. The summed E-state index contributed by atoms with van der Waals surface area (Å²) in [5, 5.41) is 11.6. The SMILES string of the molecule is COc1ccc(OC)c([C@@H]2C(C(=O)c3cc4cccc(OC)c4o3)=C(O)C(=O)N2CCN(C)C)c1. The number of rotatable bonds is 9. The lowest BCUT2D eigenvalue weighted by molar-refractivity contribution is -0.129. The Morgan fingerprint density at radius 2 is 1.80 bits per heavy atom. The summed E-state index contributed by atoms with van der Waals surface area (Å²) in [6, 6.07) is 11.1. The molecule has 1 atom stereocenters. The monoisotopic (exact) mass is 480 g/mol. The number of hydrogen-bond acceptors (Lipinski definition) is 8. The number of fused-ring (bicyclic) bond motifs is 1. The zero-order valence-corrected chi connectivity index (χ0v) is 20.3. The van der Waals surface area contributed by atoms with Gasteiger partial charge in [0.15, 0.2) is 22.9 Å². The van der Waals surface area contributed by atoms with Gasteiger partial charge in [-0.2, -0.15) is 0 Å². The number of carbonyl (C=O) groups excluding carboxylic acids is 2. The number of furan rings is 1. The number of nitrogens with zero attached hydrogens (tertiary/aromatic N) is 2. The summed E-state index contributed by atoms with van der Waals surface area (Å²) >= 11 is 0. The first kappa shape index (κ1) is 24.2. The normalized spacial score (nSPS) is 15.9. The smallest absolute Gasteiger partial charge is 0.290 e. The van der Waals surface area contributed by atoms with Gasteiger partial charge in [-0.25, -0.2) is 0 Å². The number of ketones is 1. The fourth-order valence-corrected chi connectivity index (χ4v) is 4.24. The molecule has 2 aromatic carbocycles. The van der Waals surface area contributed by atoms with E-state index in [1.165, 1.54) is 26.2 Å². The lowest BCUT2D eigenvalue weighted by Gasteiger charge is -2.29. The molecule has 9 heteroatoms. The number of benzene rings is 2. The third kappa shape index (κ3) is 4.30. The number of aliphatic hydroxyl groups is 1. The van der Waals surface area contributed by atoms with E-state index >= 15 is 0 Å². The number of ether oxygens (including phenoxy) is 3. The maximum atomic E-state index is 13.8. The highest BCUT2D eigenvalue weighted by atomic mass is 16.5. The second-order valence-corrected chi connectivity index (χ2v) is 8.39. The Balaban J connectivity index is 1.86. The van der Waals surface area contributed by atoms with E-state index in [1.54, 1.807) is 42.5 Å². The maximum Gasteiger partial charge on any atom is 0.290 e. The van der Waals surface area contributed by atoms with Crippen LogP contribution in [0, 0.1) is 0 Å². The molecule has 0 unspecified atom stereocenters. The Bertz CT molecular complexity index is 1310. The molecule has 1 aliphatic heterocycles. The summed E-state index contributed by atoms with van der Waals surface area (Å²) in [7, 11) is 8.29. The van der Waals surface area contributed by atoms with Gasteiger partial charge in [0.05, 0.1) is 32.9 Å². The van der Waals surface area contributed by atoms with Gasteiger partial charge in [0.25, 0.3) is 5.91 Å². The lowest BCUT2D eigenvalue weighted by atomic mass is 9.94. The van der Waals surface area contributed by atoms with Gasteiger partial charge in [-0.3, -0.25) is 9.59 Å². The van der Waals surface area contributed by atoms with Gasteiger partial charge in [0.1, 0.15) is 11.5 Å². The molecule has 0 saturated carbocycles. The van der Waals surface area contributed by atoms with Crippen LogP contribution in [0.1, 0.15) is 22.2 Å². The topological polar surface area (TPSA) is 102 Å². The molecule has 1 aliphatic rings. The van der Waals surface area contributed by atoms with E-state index in [2.05, 4.69) is 0 Å². The summed E-state index contributed by atoms with van der Waals surface area (Å²) in [6.07, 6.45) is 0. The Hall–Kier alpha value is -3.98. The molecular formula is C26H28N2O7. The molecule has 184 valence electrons. The Kier molecular flexibility index (Phi) is 6.70. The van der Waals surface area contributed by atoms with Crippen molar-refractivity contribution in [1.82, 2.24) is 9.80 Å². The van der Waals surface area contributed by atoms with Crippen LogP contribution in [0.4, 0.5) is 0 Å². The fraction of sp³-hybridized carbons (Fsp3) is 0.308. The minimum absolute atomic E-state index is 0.0137. The fourth-order valence-electron chi connectivity index (χ4n) is 4.24. The number of methoxy groups -OCH3 is 3. The molecule has 9 nitrogen and oxygen atoms in total. The van der Waals surface area contributed by atoms with Crippen molar-refractivity contribution in [2.24, 2.45) is 0 Å². The highest BCUT2D eigenvalue weighted by Gasteiger charge is 2.45. The van der Waals surface area contributed by atoms with Crippen molar-refractivity contribution in [2.45, 2.75) is 6.04 Å². The molecular weight excluding hydrogens is 452 g/mol. The van der Waals surface area contributed by atoms with Crippen LogP contribution in [0.25, 0.3) is 11.0 Å². The van der Waals surface area contributed by atoms with Crippen LogP contribution in [0.15, 0.2) is 58.2 Å². The zero-order chi connectivity index (χ0) is 25.3. The second-order valence-electron chi connectivity index (χ2n) is 8.39. The van der Waals surface area contributed by atoms with Gasteiger partial charge < -0.3 is 33.5 Å². The average molecular weight is 481 g/mol. The first-order chi connectivity index (χ1) is 16.8. The predicted octanol–water partition coefficient (Wildman–Crippen LogP) is 3.60. The Morgan fingerprint density at radius 3 is 2.46 bits per heavy atom. The van der Waals surface area contributed by atoms with Gasteiger partial charge in [-0.05, 0) is 44.4 Å². The van der Waals surface area contributed by atoms with Crippen molar-refractivity contribution < 1.29 is 33.3 Å². The number of para-hydroxylation sites is 1. The van der Waals surface area contributed by atoms with E-state index in [9.17, 15) is 14.7 Å². The third-order valence-corrected chi connectivity index (χ3v) is 6.02. The second kappa shape index (κ2) is 9.71. The third-order valence-electron chi connectivity index (χ3n) is 6.02. The van der Waals surface area contributed by atoms with Gasteiger partial charge in [-0.15, -0.1) is 0 Å². The van der Waals surface area contributed by atoms with E-state index < -0.39 is 23.5 Å². The number of amides is 1. The van der Waals surface area contributed by atoms with Crippen LogP contribution in [-0.4, -0.2) is 75.1 Å². The number of carbonyl (C=O) groups is 2.